The van der Waals surface area contributed by atoms with Crippen molar-refractivity contribution in [1.29, 1.82) is 0 Å². The first-order valence-corrected chi connectivity index (χ1v) is 6.58. The van der Waals surface area contributed by atoms with Gasteiger partial charge in [0, 0.05) is 13.6 Å². The van der Waals surface area contributed by atoms with Crippen molar-refractivity contribution in [3.63, 3.8) is 0 Å². The zero-order chi connectivity index (χ0) is 15.4. The van der Waals surface area contributed by atoms with E-state index < -0.39 is 16.9 Å². The molecule has 1 aliphatic heterocycles. The van der Waals surface area contributed by atoms with Gasteiger partial charge >= 0.3 is 5.69 Å². The van der Waals surface area contributed by atoms with Gasteiger partial charge in [0.2, 0.25) is 5.91 Å². The lowest BCUT2D eigenvalue weighted by Crippen LogP contribution is -2.50. The van der Waals surface area contributed by atoms with Crippen molar-refractivity contribution in [2.75, 3.05) is 18.9 Å². The summed E-state index contributed by atoms with van der Waals surface area (Å²) in [5, 5.41) is 19.0. The van der Waals surface area contributed by atoms with Gasteiger partial charge in [-0.3, -0.25) is 19.7 Å². The van der Waals surface area contributed by atoms with Crippen molar-refractivity contribution >= 4 is 23.2 Å². The van der Waals surface area contributed by atoms with Gasteiger partial charge in [-0.15, -0.1) is 0 Å². The molecule has 8 heteroatoms. The maximum absolute atomic E-state index is 12.2. The van der Waals surface area contributed by atoms with Crippen LogP contribution in [0.3, 0.4) is 0 Å². The van der Waals surface area contributed by atoms with Crippen LogP contribution in [0.5, 0.6) is 0 Å². The molecular weight excluding hydrogens is 276 g/mol. The Labute approximate surface area is 121 Å². The molecule has 3 N–H and O–H groups in total. The third-order valence-corrected chi connectivity index (χ3v) is 3.32. The van der Waals surface area contributed by atoms with Crippen LogP contribution in [0.15, 0.2) is 18.2 Å². The fourth-order valence-electron chi connectivity index (χ4n) is 2.27. The SMILES string of the molecule is CNc1cccc(C(=O)NC2CCCNC2=O)c1[N+](=O)[O-]. The molecule has 0 bridgehead atoms. The average molecular weight is 292 g/mol. The van der Waals surface area contributed by atoms with Crippen LogP contribution in [0.1, 0.15) is 23.2 Å². The van der Waals surface area contributed by atoms with Crippen molar-refractivity contribution in [2.24, 2.45) is 0 Å². The third kappa shape index (κ3) is 3.10. The van der Waals surface area contributed by atoms with Crippen molar-refractivity contribution in [1.82, 2.24) is 10.6 Å². The van der Waals surface area contributed by atoms with Gasteiger partial charge in [0.25, 0.3) is 5.91 Å². The highest BCUT2D eigenvalue weighted by Crippen LogP contribution is 2.28. The molecule has 0 aromatic heterocycles. The molecule has 0 spiro atoms. The highest BCUT2D eigenvalue weighted by molar-refractivity contribution is 6.02. The lowest BCUT2D eigenvalue weighted by Gasteiger charge is -2.22. The predicted molar refractivity (Wildman–Crippen MR) is 76.1 cm³/mol. The number of piperidine rings is 1. The number of nitro groups is 1. The summed E-state index contributed by atoms with van der Waals surface area (Å²) < 4.78 is 0. The lowest BCUT2D eigenvalue weighted by molar-refractivity contribution is -0.384. The maximum Gasteiger partial charge on any atom is 0.305 e. The van der Waals surface area contributed by atoms with Gasteiger partial charge in [0.05, 0.1) is 4.92 Å². The van der Waals surface area contributed by atoms with Gasteiger partial charge in [-0.25, -0.2) is 0 Å². The van der Waals surface area contributed by atoms with Gasteiger partial charge in [-0.1, -0.05) is 6.07 Å². The molecule has 1 aliphatic rings. The maximum atomic E-state index is 12.2. The normalized spacial score (nSPS) is 17.8. The molecule has 1 fully saturated rings. The molecule has 112 valence electrons. The molecule has 1 atom stereocenters. The summed E-state index contributed by atoms with van der Waals surface area (Å²) in [6.45, 7) is 0.584. The number of nitro benzene ring substituents is 1. The Morgan fingerprint density at radius 1 is 1.48 bits per heavy atom. The van der Waals surface area contributed by atoms with Crippen LogP contribution in [-0.4, -0.2) is 36.4 Å². The second kappa shape index (κ2) is 6.21. The van der Waals surface area contributed by atoms with E-state index in [4.69, 9.17) is 0 Å². The van der Waals surface area contributed by atoms with E-state index in [1.54, 1.807) is 13.1 Å². The minimum absolute atomic E-state index is 0.0646. The zero-order valence-electron chi connectivity index (χ0n) is 11.5. The van der Waals surface area contributed by atoms with E-state index in [1.165, 1.54) is 12.1 Å². The monoisotopic (exact) mass is 292 g/mol. The number of anilines is 1. The summed E-state index contributed by atoms with van der Waals surface area (Å²) in [5.41, 5.74) is -0.111. The number of para-hydroxylation sites is 1. The minimum Gasteiger partial charge on any atom is -0.383 e. The number of benzene rings is 1. The third-order valence-electron chi connectivity index (χ3n) is 3.32. The van der Waals surface area contributed by atoms with Crippen LogP contribution >= 0.6 is 0 Å². The summed E-state index contributed by atoms with van der Waals surface area (Å²) >= 11 is 0. The Morgan fingerprint density at radius 2 is 2.24 bits per heavy atom. The van der Waals surface area contributed by atoms with Gasteiger partial charge in [-0.05, 0) is 25.0 Å². The first-order valence-electron chi connectivity index (χ1n) is 6.58. The van der Waals surface area contributed by atoms with E-state index in [-0.39, 0.29) is 22.8 Å². The quantitative estimate of drug-likeness (QED) is 0.557. The van der Waals surface area contributed by atoms with Crippen LogP contribution in [0.2, 0.25) is 0 Å². The molecule has 2 amide bonds. The summed E-state index contributed by atoms with van der Waals surface area (Å²) in [5.74, 6) is -0.886. The number of hydrogen-bond donors (Lipinski definition) is 3. The highest BCUT2D eigenvalue weighted by Gasteiger charge is 2.28. The predicted octanol–water partition coefficient (Wildman–Crippen LogP) is 0.645. The Bertz CT molecular complexity index is 588. The Hall–Kier alpha value is -2.64. The largest absolute Gasteiger partial charge is 0.383 e. The van der Waals surface area contributed by atoms with Crippen LogP contribution in [0, 0.1) is 10.1 Å². The number of carbonyl (C=O) groups is 2. The molecule has 1 aromatic rings. The molecule has 2 rings (SSSR count). The van der Waals surface area contributed by atoms with Crippen molar-refractivity contribution < 1.29 is 14.5 Å². The molecule has 21 heavy (non-hydrogen) atoms. The average Bonchev–Trinajstić information content (AvgIpc) is 2.48. The first-order chi connectivity index (χ1) is 10.0. The van der Waals surface area contributed by atoms with Gasteiger partial charge in [0.1, 0.15) is 17.3 Å². The number of nitrogens with one attached hydrogen (secondary N) is 3. The molecule has 1 saturated heterocycles. The van der Waals surface area contributed by atoms with E-state index in [2.05, 4.69) is 16.0 Å². The van der Waals surface area contributed by atoms with Crippen LogP contribution < -0.4 is 16.0 Å². The van der Waals surface area contributed by atoms with E-state index in [1.807, 2.05) is 0 Å². The number of amides is 2. The smallest absolute Gasteiger partial charge is 0.305 e. The summed E-state index contributed by atoms with van der Waals surface area (Å²) in [4.78, 5) is 34.4. The molecular formula is C13H16N4O4. The Balaban J connectivity index is 2.26. The van der Waals surface area contributed by atoms with Crippen molar-refractivity contribution in [2.45, 2.75) is 18.9 Å². The Kier molecular flexibility index (Phi) is 4.36. The van der Waals surface area contributed by atoms with Gasteiger partial charge < -0.3 is 16.0 Å². The van der Waals surface area contributed by atoms with Crippen LogP contribution in [0.25, 0.3) is 0 Å². The fourth-order valence-corrected chi connectivity index (χ4v) is 2.27. The first kappa shape index (κ1) is 14.8. The summed E-state index contributed by atoms with van der Waals surface area (Å²) in [7, 11) is 1.54. The summed E-state index contributed by atoms with van der Waals surface area (Å²) in [6, 6.07) is 3.79. The second-order valence-corrected chi connectivity index (χ2v) is 4.67. The van der Waals surface area contributed by atoms with Crippen LogP contribution in [0.4, 0.5) is 11.4 Å². The van der Waals surface area contributed by atoms with Crippen molar-refractivity contribution in [3.05, 3.63) is 33.9 Å². The highest BCUT2D eigenvalue weighted by atomic mass is 16.6. The topological polar surface area (TPSA) is 113 Å². The Morgan fingerprint density at radius 3 is 2.86 bits per heavy atom. The fraction of sp³-hybridized carbons (Fsp3) is 0.385. The molecule has 8 nitrogen and oxygen atoms in total. The molecule has 0 radical (unpaired) electrons. The number of carbonyl (C=O) groups excluding carboxylic acids is 2. The van der Waals surface area contributed by atoms with E-state index in [0.29, 0.717) is 13.0 Å². The minimum atomic E-state index is -0.649. The van der Waals surface area contributed by atoms with E-state index in [0.717, 1.165) is 6.42 Å². The van der Waals surface area contributed by atoms with E-state index >= 15 is 0 Å². The molecule has 1 aromatic carbocycles. The molecule has 1 heterocycles. The molecule has 1 unspecified atom stereocenters. The lowest BCUT2D eigenvalue weighted by atomic mass is 10.1. The number of rotatable bonds is 4. The number of nitrogens with zero attached hydrogens (tertiary/aromatic N) is 1. The molecule has 0 saturated carbocycles. The zero-order valence-corrected chi connectivity index (χ0v) is 11.5. The van der Waals surface area contributed by atoms with E-state index in [9.17, 15) is 19.7 Å². The number of hydrogen-bond acceptors (Lipinski definition) is 5. The summed E-state index contributed by atoms with van der Waals surface area (Å²) in [6.07, 6.45) is 1.28. The molecule has 0 aliphatic carbocycles. The van der Waals surface area contributed by atoms with Crippen molar-refractivity contribution in [3.8, 4) is 0 Å². The van der Waals surface area contributed by atoms with Gasteiger partial charge in [-0.2, -0.15) is 0 Å². The second-order valence-electron chi connectivity index (χ2n) is 4.67. The van der Waals surface area contributed by atoms with Crippen LogP contribution in [-0.2, 0) is 4.79 Å². The van der Waals surface area contributed by atoms with Gasteiger partial charge in [0.15, 0.2) is 0 Å². The standard InChI is InChI=1S/C13H16N4O4/c1-14-9-5-2-4-8(11(9)17(20)21)12(18)16-10-6-3-7-15-13(10)19/h2,4-5,10,14H,3,6-7H2,1H3,(H,15,19)(H,16,18).